The Labute approximate surface area is 126 Å². The molecule has 0 bridgehead atoms. The summed E-state index contributed by atoms with van der Waals surface area (Å²) >= 11 is 0. The van der Waals surface area contributed by atoms with Gasteiger partial charge in [-0.1, -0.05) is 13.0 Å². The van der Waals surface area contributed by atoms with E-state index in [0.29, 0.717) is 29.7 Å². The number of phenolic OH excluding ortho intramolecular Hbond substituents is 1. The van der Waals surface area contributed by atoms with Gasteiger partial charge in [-0.2, -0.15) is 0 Å². The van der Waals surface area contributed by atoms with Crippen molar-refractivity contribution in [2.75, 3.05) is 18.1 Å². The molecular formula is C16H23NO3S. The molecule has 0 spiro atoms. The van der Waals surface area contributed by atoms with Gasteiger partial charge in [0.15, 0.2) is 9.84 Å². The molecule has 4 nitrogen and oxygen atoms in total. The molecule has 116 valence electrons. The standard InChI is InChI=1S/C16H23NO3S/c1-10-3-4-14(18)16-13(7-11(2)15(10)16)17-8-12-5-6-21(19,20)9-12/h3-4,11-13,17-18H,5-9H2,1-2H3. The average Bonchev–Trinajstić information content (AvgIpc) is 2.92. The van der Waals surface area contributed by atoms with Gasteiger partial charge in [0.25, 0.3) is 0 Å². The molecule has 0 amide bonds. The van der Waals surface area contributed by atoms with E-state index in [9.17, 15) is 13.5 Å². The van der Waals surface area contributed by atoms with Crippen LogP contribution in [0, 0.1) is 12.8 Å². The second-order valence-electron chi connectivity index (χ2n) is 6.60. The van der Waals surface area contributed by atoms with Crippen molar-refractivity contribution in [3.63, 3.8) is 0 Å². The Balaban J connectivity index is 1.74. The molecule has 0 saturated carbocycles. The molecule has 21 heavy (non-hydrogen) atoms. The van der Waals surface area contributed by atoms with Gasteiger partial charge in [-0.05, 0) is 55.3 Å². The number of aryl methyl sites for hydroxylation is 1. The van der Waals surface area contributed by atoms with E-state index in [0.717, 1.165) is 18.4 Å². The highest BCUT2D eigenvalue weighted by atomic mass is 32.2. The van der Waals surface area contributed by atoms with Crippen LogP contribution in [0.15, 0.2) is 12.1 Å². The summed E-state index contributed by atoms with van der Waals surface area (Å²) in [5, 5.41) is 13.7. The van der Waals surface area contributed by atoms with E-state index in [1.807, 2.05) is 6.07 Å². The van der Waals surface area contributed by atoms with Crippen LogP contribution in [0.4, 0.5) is 0 Å². The van der Waals surface area contributed by atoms with Crippen molar-refractivity contribution >= 4 is 9.84 Å². The maximum absolute atomic E-state index is 11.5. The molecule has 1 heterocycles. The number of fused-ring (bicyclic) bond motifs is 1. The number of nitrogens with one attached hydrogen (secondary N) is 1. The van der Waals surface area contributed by atoms with E-state index in [2.05, 4.69) is 19.2 Å². The van der Waals surface area contributed by atoms with E-state index in [-0.39, 0.29) is 12.0 Å². The zero-order valence-corrected chi connectivity index (χ0v) is 13.4. The van der Waals surface area contributed by atoms with Crippen molar-refractivity contribution in [3.05, 3.63) is 28.8 Å². The van der Waals surface area contributed by atoms with Crippen LogP contribution in [0.5, 0.6) is 5.75 Å². The van der Waals surface area contributed by atoms with E-state index in [1.165, 1.54) is 11.1 Å². The number of aromatic hydroxyl groups is 1. The lowest BCUT2D eigenvalue weighted by atomic mass is 9.97. The predicted octanol–water partition coefficient (Wildman–Crippen LogP) is 2.27. The molecule has 3 atom stereocenters. The first kappa shape index (κ1) is 14.9. The summed E-state index contributed by atoms with van der Waals surface area (Å²) in [5.41, 5.74) is 3.50. The lowest BCUT2D eigenvalue weighted by Crippen LogP contribution is -2.27. The molecule has 2 N–H and O–H groups in total. The maximum atomic E-state index is 11.5. The summed E-state index contributed by atoms with van der Waals surface area (Å²) in [6, 6.07) is 3.87. The molecule has 1 fully saturated rings. The minimum Gasteiger partial charge on any atom is -0.508 e. The van der Waals surface area contributed by atoms with Crippen molar-refractivity contribution in [3.8, 4) is 5.75 Å². The number of phenols is 1. The second kappa shape index (κ2) is 5.29. The Morgan fingerprint density at radius 2 is 2.10 bits per heavy atom. The van der Waals surface area contributed by atoms with E-state index >= 15 is 0 Å². The molecule has 1 aromatic carbocycles. The molecule has 0 aromatic heterocycles. The van der Waals surface area contributed by atoms with Gasteiger partial charge < -0.3 is 10.4 Å². The molecule has 1 saturated heterocycles. The summed E-state index contributed by atoms with van der Waals surface area (Å²) in [7, 11) is -2.82. The summed E-state index contributed by atoms with van der Waals surface area (Å²) in [4.78, 5) is 0. The molecule has 3 rings (SSSR count). The quantitative estimate of drug-likeness (QED) is 0.899. The van der Waals surface area contributed by atoms with Crippen LogP contribution in [-0.2, 0) is 9.84 Å². The Bertz CT molecular complexity index is 654. The summed E-state index contributed by atoms with van der Waals surface area (Å²) in [6.45, 7) is 4.98. The first-order valence-electron chi connectivity index (χ1n) is 7.63. The lowest BCUT2D eigenvalue weighted by molar-refractivity contribution is 0.422. The van der Waals surface area contributed by atoms with Crippen molar-refractivity contribution in [1.29, 1.82) is 0 Å². The number of rotatable bonds is 3. The van der Waals surface area contributed by atoms with Gasteiger partial charge in [0.1, 0.15) is 5.75 Å². The third-order valence-corrected chi connectivity index (χ3v) is 6.73. The van der Waals surface area contributed by atoms with Crippen molar-refractivity contribution < 1.29 is 13.5 Å². The van der Waals surface area contributed by atoms with Crippen molar-refractivity contribution in [2.24, 2.45) is 5.92 Å². The normalized spacial score (nSPS) is 30.5. The molecule has 1 aliphatic heterocycles. The van der Waals surface area contributed by atoms with Gasteiger partial charge in [-0.3, -0.25) is 0 Å². The van der Waals surface area contributed by atoms with Crippen LogP contribution in [0.1, 0.15) is 48.4 Å². The fraction of sp³-hybridized carbons (Fsp3) is 0.625. The molecule has 1 aromatic rings. The Morgan fingerprint density at radius 3 is 2.76 bits per heavy atom. The molecule has 3 unspecified atom stereocenters. The topological polar surface area (TPSA) is 66.4 Å². The molecule has 5 heteroatoms. The van der Waals surface area contributed by atoms with E-state index < -0.39 is 9.84 Å². The van der Waals surface area contributed by atoms with Crippen molar-refractivity contribution in [2.45, 2.75) is 38.6 Å². The van der Waals surface area contributed by atoms with Gasteiger partial charge in [0.05, 0.1) is 11.5 Å². The number of sulfone groups is 1. The predicted molar refractivity (Wildman–Crippen MR) is 83.4 cm³/mol. The van der Waals surface area contributed by atoms with Gasteiger partial charge in [-0.25, -0.2) is 8.42 Å². The minimum absolute atomic E-state index is 0.137. The second-order valence-corrected chi connectivity index (χ2v) is 8.82. The Kier molecular flexibility index (Phi) is 3.74. The minimum atomic E-state index is -2.82. The number of hydrogen-bond acceptors (Lipinski definition) is 4. The smallest absolute Gasteiger partial charge is 0.150 e. The summed E-state index contributed by atoms with van der Waals surface area (Å²) < 4.78 is 23.0. The van der Waals surface area contributed by atoms with Crippen LogP contribution in [0.3, 0.4) is 0 Å². The molecular weight excluding hydrogens is 286 g/mol. The molecule has 1 aliphatic carbocycles. The lowest BCUT2D eigenvalue weighted by Gasteiger charge is -2.18. The highest BCUT2D eigenvalue weighted by Crippen LogP contribution is 2.45. The SMILES string of the molecule is Cc1ccc(O)c2c1C(C)CC2NCC1CCS(=O)(=O)C1. The van der Waals surface area contributed by atoms with Crippen LogP contribution >= 0.6 is 0 Å². The van der Waals surface area contributed by atoms with Gasteiger partial charge in [0, 0.05) is 11.6 Å². The monoisotopic (exact) mass is 309 g/mol. The largest absolute Gasteiger partial charge is 0.508 e. The van der Waals surface area contributed by atoms with Crippen LogP contribution in [0.2, 0.25) is 0 Å². The van der Waals surface area contributed by atoms with Gasteiger partial charge in [-0.15, -0.1) is 0 Å². The van der Waals surface area contributed by atoms with Gasteiger partial charge >= 0.3 is 0 Å². The third kappa shape index (κ3) is 2.81. The molecule has 2 aliphatic rings. The average molecular weight is 309 g/mol. The van der Waals surface area contributed by atoms with Crippen LogP contribution in [-0.4, -0.2) is 31.6 Å². The first-order chi connectivity index (χ1) is 9.87. The zero-order chi connectivity index (χ0) is 15.2. The fourth-order valence-corrected chi connectivity index (χ4v) is 5.73. The summed E-state index contributed by atoms with van der Waals surface area (Å²) in [5.74, 6) is 1.62. The van der Waals surface area contributed by atoms with Crippen LogP contribution in [0.25, 0.3) is 0 Å². The first-order valence-corrected chi connectivity index (χ1v) is 9.45. The Morgan fingerprint density at radius 1 is 1.33 bits per heavy atom. The van der Waals surface area contributed by atoms with E-state index in [1.54, 1.807) is 6.07 Å². The number of benzene rings is 1. The van der Waals surface area contributed by atoms with Crippen molar-refractivity contribution in [1.82, 2.24) is 5.32 Å². The van der Waals surface area contributed by atoms with Crippen LogP contribution < -0.4 is 5.32 Å². The Hall–Kier alpha value is -1.07. The summed E-state index contributed by atoms with van der Waals surface area (Å²) in [6.07, 6.45) is 1.72. The fourth-order valence-electron chi connectivity index (χ4n) is 3.87. The highest BCUT2D eigenvalue weighted by Gasteiger charge is 2.33. The number of hydrogen-bond donors (Lipinski definition) is 2. The highest BCUT2D eigenvalue weighted by molar-refractivity contribution is 7.91. The third-order valence-electron chi connectivity index (χ3n) is 4.89. The maximum Gasteiger partial charge on any atom is 0.150 e. The molecule has 0 radical (unpaired) electrons. The van der Waals surface area contributed by atoms with E-state index in [4.69, 9.17) is 0 Å². The van der Waals surface area contributed by atoms with Gasteiger partial charge in [0.2, 0.25) is 0 Å². The zero-order valence-electron chi connectivity index (χ0n) is 12.6.